The molecule has 1 heterocycles. The number of carbonyl (C=O) groups excluding carboxylic acids is 2. The molecule has 1 aliphatic heterocycles. The fourth-order valence-corrected chi connectivity index (χ4v) is 4.38. The second kappa shape index (κ2) is 10.4. The Morgan fingerprint density at radius 3 is 2.39 bits per heavy atom. The second-order valence-electron chi connectivity index (χ2n) is 6.66. The highest BCUT2D eigenvalue weighted by Crippen LogP contribution is 2.19. The molecule has 0 atom stereocenters. The van der Waals surface area contributed by atoms with Crippen LogP contribution in [0.1, 0.15) is 19.8 Å². The summed E-state index contributed by atoms with van der Waals surface area (Å²) in [6, 6.07) is 5.79. The van der Waals surface area contributed by atoms with Gasteiger partial charge in [-0.3, -0.25) is 10.1 Å². The van der Waals surface area contributed by atoms with E-state index in [1.807, 2.05) is 6.92 Å². The largest absolute Gasteiger partial charge is 0.497 e. The molecule has 9 nitrogen and oxygen atoms in total. The SMILES string of the molecule is CCCCNC(=O)NC(=O)C[NH+]1CCN(S(=O)(=O)c2ccc(OC)cc2)CC1. The zero-order valence-corrected chi connectivity index (χ0v) is 17.2. The third-order valence-corrected chi connectivity index (χ3v) is 6.52. The number of sulfonamides is 1. The van der Waals surface area contributed by atoms with E-state index in [0.717, 1.165) is 17.7 Å². The standard InChI is InChI=1S/C18H28N4O5S/c1-3-4-9-19-18(24)20-17(23)14-21-10-12-22(13-11-21)28(25,26)16-7-5-15(27-2)6-8-16/h5-8H,3-4,9-14H2,1-2H3,(H2,19,20,23,24)/p+1. The number of imide groups is 1. The summed E-state index contributed by atoms with van der Waals surface area (Å²) in [5.74, 6) is 0.230. The molecule has 1 saturated heterocycles. The fourth-order valence-electron chi connectivity index (χ4n) is 2.94. The molecular weight excluding hydrogens is 384 g/mol. The van der Waals surface area contributed by atoms with Crippen LogP contribution in [0, 0.1) is 0 Å². The summed E-state index contributed by atoms with van der Waals surface area (Å²) in [4.78, 5) is 24.8. The number of unbranched alkanes of at least 4 members (excludes halogenated alkanes) is 1. The van der Waals surface area contributed by atoms with Gasteiger partial charge in [-0.25, -0.2) is 13.2 Å². The summed E-state index contributed by atoms with van der Waals surface area (Å²) in [5.41, 5.74) is 0. The molecule has 0 saturated carbocycles. The van der Waals surface area contributed by atoms with Gasteiger partial charge in [-0.15, -0.1) is 0 Å². The molecule has 3 N–H and O–H groups in total. The van der Waals surface area contributed by atoms with Gasteiger partial charge in [-0.1, -0.05) is 13.3 Å². The maximum Gasteiger partial charge on any atom is 0.321 e. The van der Waals surface area contributed by atoms with Crippen LogP contribution in [0.4, 0.5) is 4.79 Å². The predicted molar refractivity (Wildman–Crippen MR) is 104 cm³/mol. The van der Waals surface area contributed by atoms with Crippen molar-refractivity contribution >= 4 is 22.0 Å². The van der Waals surface area contributed by atoms with Gasteiger partial charge in [-0.05, 0) is 30.7 Å². The van der Waals surface area contributed by atoms with Crippen molar-refractivity contribution in [3.63, 3.8) is 0 Å². The summed E-state index contributed by atoms with van der Waals surface area (Å²) in [7, 11) is -2.05. The average molecular weight is 414 g/mol. The molecule has 3 amide bonds. The fraction of sp³-hybridized carbons (Fsp3) is 0.556. The molecule has 0 bridgehead atoms. The van der Waals surface area contributed by atoms with Crippen LogP contribution in [-0.4, -0.2) is 71.0 Å². The number of amides is 3. The number of quaternary nitrogens is 1. The van der Waals surface area contributed by atoms with Crippen molar-refractivity contribution in [1.82, 2.24) is 14.9 Å². The smallest absolute Gasteiger partial charge is 0.321 e. The molecule has 0 aliphatic carbocycles. The zero-order chi connectivity index (χ0) is 20.6. The summed E-state index contributed by atoms with van der Waals surface area (Å²) >= 11 is 0. The summed E-state index contributed by atoms with van der Waals surface area (Å²) < 4.78 is 31.9. The maximum atomic E-state index is 12.7. The Labute approximate surface area is 166 Å². The van der Waals surface area contributed by atoms with Gasteiger partial charge in [-0.2, -0.15) is 4.31 Å². The number of methoxy groups -OCH3 is 1. The average Bonchev–Trinajstić information content (AvgIpc) is 2.68. The van der Waals surface area contributed by atoms with Gasteiger partial charge < -0.3 is 15.0 Å². The van der Waals surface area contributed by atoms with E-state index in [1.54, 1.807) is 12.1 Å². The van der Waals surface area contributed by atoms with E-state index in [9.17, 15) is 18.0 Å². The first kappa shape index (κ1) is 22.1. The zero-order valence-electron chi connectivity index (χ0n) is 16.4. The van der Waals surface area contributed by atoms with Gasteiger partial charge in [0.2, 0.25) is 10.0 Å². The van der Waals surface area contributed by atoms with Gasteiger partial charge in [0, 0.05) is 6.54 Å². The summed E-state index contributed by atoms with van der Waals surface area (Å²) in [6.07, 6.45) is 1.82. The molecule has 2 rings (SSSR count). The number of urea groups is 1. The lowest BCUT2D eigenvalue weighted by Gasteiger charge is -2.31. The molecule has 156 valence electrons. The molecule has 1 aromatic rings. The van der Waals surface area contributed by atoms with Gasteiger partial charge in [0.1, 0.15) is 5.75 Å². The molecular formula is C18H29N4O5S+. The first-order chi connectivity index (χ1) is 13.4. The molecule has 10 heteroatoms. The molecule has 0 spiro atoms. The lowest BCUT2D eigenvalue weighted by molar-refractivity contribution is -0.895. The van der Waals surface area contributed by atoms with Crippen LogP contribution in [0.2, 0.25) is 0 Å². The van der Waals surface area contributed by atoms with E-state index in [1.165, 1.54) is 23.5 Å². The van der Waals surface area contributed by atoms with Crippen molar-refractivity contribution in [3.8, 4) is 5.75 Å². The lowest BCUT2D eigenvalue weighted by atomic mass is 10.3. The highest BCUT2D eigenvalue weighted by molar-refractivity contribution is 7.89. The van der Waals surface area contributed by atoms with E-state index in [4.69, 9.17) is 4.74 Å². The van der Waals surface area contributed by atoms with E-state index in [0.29, 0.717) is 38.5 Å². The van der Waals surface area contributed by atoms with Crippen molar-refractivity contribution in [2.24, 2.45) is 0 Å². The van der Waals surface area contributed by atoms with Crippen LogP contribution in [-0.2, 0) is 14.8 Å². The number of hydrogen-bond donors (Lipinski definition) is 3. The van der Waals surface area contributed by atoms with Crippen molar-refractivity contribution in [1.29, 1.82) is 0 Å². The van der Waals surface area contributed by atoms with Crippen molar-refractivity contribution < 1.29 is 27.6 Å². The molecule has 1 aliphatic rings. The minimum atomic E-state index is -3.57. The number of rotatable bonds is 8. The van der Waals surface area contributed by atoms with Crippen molar-refractivity contribution in [2.75, 3.05) is 46.4 Å². The van der Waals surface area contributed by atoms with Crippen molar-refractivity contribution in [3.05, 3.63) is 24.3 Å². The summed E-state index contributed by atoms with van der Waals surface area (Å²) in [5, 5.41) is 4.94. The lowest BCUT2D eigenvalue weighted by Crippen LogP contribution is -3.15. The molecule has 28 heavy (non-hydrogen) atoms. The number of carbonyl (C=O) groups is 2. The third kappa shape index (κ3) is 6.18. The topological polar surface area (TPSA) is 109 Å². The number of nitrogens with one attached hydrogen (secondary N) is 3. The van der Waals surface area contributed by atoms with Crippen LogP contribution < -0.4 is 20.3 Å². The second-order valence-corrected chi connectivity index (χ2v) is 8.60. The van der Waals surface area contributed by atoms with Gasteiger partial charge in [0.15, 0.2) is 6.54 Å². The van der Waals surface area contributed by atoms with Crippen LogP contribution >= 0.6 is 0 Å². The normalized spacial score (nSPS) is 15.8. The number of nitrogens with zero attached hydrogens (tertiary/aromatic N) is 1. The Morgan fingerprint density at radius 2 is 1.82 bits per heavy atom. The Bertz CT molecular complexity index is 759. The Balaban J connectivity index is 1.81. The van der Waals surface area contributed by atoms with Crippen LogP contribution in [0.15, 0.2) is 29.2 Å². The van der Waals surface area contributed by atoms with E-state index < -0.39 is 16.1 Å². The van der Waals surface area contributed by atoms with E-state index in [-0.39, 0.29) is 17.3 Å². The first-order valence-corrected chi connectivity index (χ1v) is 10.9. The molecule has 0 aromatic heterocycles. The van der Waals surface area contributed by atoms with Crippen LogP contribution in [0.5, 0.6) is 5.75 Å². The Morgan fingerprint density at radius 1 is 1.18 bits per heavy atom. The number of ether oxygens (including phenoxy) is 1. The number of benzene rings is 1. The highest BCUT2D eigenvalue weighted by Gasteiger charge is 2.31. The highest BCUT2D eigenvalue weighted by atomic mass is 32.2. The quantitative estimate of drug-likeness (QED) is 0.484. The minimum Gasteiger partial charge on any atom is -0.497 e. The molecule has 0 radical (unpaired) electrons. The predicted octanol–water partition coefficient (Wildman–Crippen LogP) is -0.790. The van der Waals surface area contributed by atoms with Crippen LogP contribution in [0.3, 0.4) is 0 Å². The number of piperazine rings is 1. The third-order valence-electron chi connectivity index (χ3n) is 4.61. The maximum absolute atomic E-state index is 12.7. The van der Waals surface area contributed by atoms with Gasteiger partial charge in [0.25, 0.3) is 5.91 Å². The van der Waals surface area contributed by atoms with Gasteiger partial charge in [0.05, 0.1) is 38.2 Å². The number of hydrogen-bond acceptors (Lipinski definition) is 5. The van der Waals surface area contributed by atoms with E-state index in [2.05, 4.69) is 10.6 Å². The van der Waals surface area contributed by atoms with Crippen LogP contribution in [0.25, 0.3) is 0 Å². The Kier molecular flexibility index (Phi) is 8.21. The monoisotopic (exact) mass is 413 g/mol. The molecule has 1 aromatic carbocycles. The minimum absolute atomic E-state index is 0.137. The Hall–Kier alpha value is -2.17. The molecule has 1 fully saturated rings. The van der Waals surface area contributed by atoms with Gasteiger partial charge >= 0.3 is 6.03 Å². The van der Waals surface area contributed by atoms with E-state index >= 15 is 0 Å². The van der Waals surface area contributed by atoms with Crippen molar-refractivity contribution in [2.45, 2.75) is 24.7 Å². The first-order valence-electron chi connectivity index (χ1n) is 9.42. The molecule has 0 unspecified atom stereocenters. The summed E-state index contributed by atoms with van der Waals surface area (Å²) in [6.45, 7) is 4.32.